The van der Waals surface area contributed by atoms with Crippen LogP contribution in [0.1, 0.15) is 48.0 Å². The zero-order chi connectivity index (χ0) is 15.2. The molecule has 0 saturated carbocycles. The van der Waals surface area contributed by atoms with Crippen molar-refractivity contribution >= 4 is 11.5 Å². The van der Waals surface area contributed by atoms with Crippen LogP contribution in [0.4, 0.5) is 0 Å². The Bertz CT molecular complexity index is 583. The number of aromatic nitrogens is 2. The van der Waals surface area contributed by atoms with Crippen LogP contribution in [-0.2, 0) is 6.42 Å². The third kappa shape index (κ3) is 3.60. The Morgan fingerprint density at radius 1 is 1.33 bits per heavy atom. The third-order valence-corrected chi connectivity index (χ3v) is 4.31. The number of aryl methyl sites for hydroxylation is 2. The molecule has 0 aliphatic rings. The van der Waals surface area contributed by atoms with Crippen molar-refractivity contribution in [3.8, 4) is 5.75 Å². The van der Waals surface area contributed by atoms with Gasteiger partial charge >= 0.3 is 0 Å². The second-order valence-corrected chi connectivity index (χ2v) is 5.86. The van der Waals surface area contributed by atoms with Crippen molar-refractivity contribution in [3.05, 3.63) is 39.9 Å². The van der Waals surface area contributed by atoms with Gasteiger partial charge in [0.1, 0.15) is 5.75 Å². The number of nitrogens with zero attached hydrogens (tertiary/aromatic N) is 2. The first kappa shape index (κ1) is 15.9. The van der Waals surface area contributed by atoms with E-state index in [0.717, 1.165) is 36.4 Å². The van der Waals surface area contributed by atoms with E-state index in [1.807, 2.05) is 6.07 Å². The summed E-state index contributed by atoms with van der Waals surface area (Å²) in [6.45, 7) is 7.34. The van der Waals surface area contributed by atoms with Crippen molar-refractivity contribution < 1.29 is 4.74 Å². The van der Waals surface area contributed by atoms with Gasteiger partial charge in [-0.3, -0.25) is 0 Å². The summed E-state index contributed by atoms with van der Waals surface area (Å²) in [5.74, 6) is 0.907. The fourth-order valence-electron chi connectivity index (χ4n) is 2.39. The minimum Gasteiger partial charge on any atom is -0.496 e. The van der Waals surface area contributed by atoms with Gasteiger partial charge < -0.3 is 10.1 Å². The second-order valence-electron chi connectivity index (χ2n) is 5.07. The highest BCUT2D eigenvalue weighted by molar-refractivity contribution is 7.05. The van der Waals surface area contributed by atoms with Gasteiger partial charge in [-0.15, -0.1) is 5.10 Å². The lowest BCUT2D eigenvalue weighted by Crippen LogP contribution is -2.24. The molecule has 1 unspecified atom stereocenters. The summed E-state index contributed by atoms with van der Waals surface area (Å²) >= 11 is 1.47. The molecule has 0 bridgehead atoms. The zero-order valence-electron chi connectivity index (χ0n) is 13.1. The number of rotatable bonds is 7. The van der Waals surface area contributed by atoms with E-state index in [1.54, 1.807) is 7.11 Å². The van der Waals surface area contributed by atoms with Crippen molar-refractivity contribution in [2.24, 2.45) is 0 Å². The maximum atomic E-state index is 5.56. The molecule has 1 atom stereocenters. The average Bonchev–Trinajstić information content (AvgIpc) is 2.96. The predicted molar refractivity (Wildman–Crippen MR) is 87.2 cm³/mol. The van der Waals surface area contributed by atoms with E-state index < -0.39 is 0 Å². The molecule has 0 radical (unpaired) electrons. The van der Waals surface area contributed by atoms with Crippen LogP contribution >= 0.6 is 11.5 Å². The molecule has 0 amide bonds. The van der Waals surface area contributed by atoms with Gasteiger partial charge in [0.05, 0.1) is 23.7 Å². The largest absolute Gasteiger partial charge is 0.496 e. The van der Waals surface area contributed by atoms with E-state index in [2.05, 4.69) is 47.8 Å². The topological polar surface area (TPSA) is 47.0 Å². The van der Waals surface area contributed by atoms with E-state index in [-0.39, 0.29) is 6.04 Å². The highest BCUT2D eigenvalue weighted by Crippen LogP contribution is 2.33. The van der Waals surface area contributed by atoms with E-state index in [0.29, 0.717) is 0 Å². The van der Waals surface area contributed by atoms with Crippen LogP contribution in [0.2, 0.25) is 0 Å². The van der Waals surface area contributed by atoms with Crippen LogP contribution < -0.4 is 10.1 Å². The van der Waals surface area contributed by atoms with Gasteiger partial charge in [-0.05, 0) is 43.9 Å². The molecular formula is C16H23N3OS. The van der Waals surface area contributed by atoms with Crippen molar-refractivity contribution in [1.29, 1.82) is 0 Å². The molecule has 0 aliphatic heterocycles. The van der Waals surface area contributed by atoms with Gasteiger partial charge in [0.15, 0.2) is 0 Å². The molecule has 5 heteroatoms. The van der Waals surface area contributed by atoms with Gasteiger partial charge in [-0.2, -0.15) is 0 Å². The molecule has 1 heterocycles. The molecule has 1 aromatic heterocycles. The normalized spacial score (nSPS) is 12.4. The Balaban J connectivity index is 2.47. The summed E-state index contributed by atoms with van der Waals surface area (Å²) in [6, 6.07) is 6.39. The summed E-state index contributed by atoms with van der Waals surface area (Å²) in [4.78, 5) is 1.19. The van der Waals surface area contributed by atoms with Crippen molar-refractivity contribution in [1.82, 2.24) is 14.9 Å². The molecule has 1 aromatic carbocycles. The molecule has 2 aromatic rings. The lowest BCUT2D eigenvalue weighted by atomic mass is 10.00. The highest BCUT2D eigenvalue weighted by Gasteiger charge is 2.23. The fourth-order valence-corrected chi connectivity index (χ4v) is 3.23. The van der Waals surface area contributed by atoms with E-state index in [9.17, 15) is 0 Å². The number of hydrogen-bond acceptors (Lipinski definition) is 5. The van der Waals surface area contributed by atoms with E-state index in [4.69, 9.17) is 4.74 Å². The number of nitrogens with one attached hydrogen (secondary N) is 1. The molecule has 0 aliphatic carbocycles. The first-order valence-electron chi connectivity index (χ1n) is 7.40. The molecule has 2 rings (SSSR count). The summed E-state index contributed by atoms with van der Waals surface area (Å²) < 4.78 is 9.69. The number of benzene rings is 1. The Hall–Kier alpha value is -1.46. The Labute approximate surface area is 130 Å². The molecule has 0 fully saturated rings. The molecule has 0 saturated heterocycles. The Kier molecular flexibility index (Phi) is 5.70. The Morgan fingerprint density at radius 2 is 2.14 bits per heavy atom. The van der Waals surface area contributed by atoms with Crippen LogP contribution in [0.5, 0.6) is 5.75 Å². The summed E-state index contributed by atoms with van der Waals surface area (Å²) in [7, 11) is 1.72. The highest BCUT2D eigenvalue weighted by atomic mass is 32.1. The number of methoxy groups -OCH3 is 1. The van der Waals surface area contributed by atoms with Gasteiger partial charge in [0, 0.05) is 5.56 Å². The first-order valence-corrected chi connectivity index (χ1v) is 8.17. The zero-order valence-corrected chi connectivity index (χ0v) is 14.0. The van der Waals surface area contributed by atoms with E-state index >= 15 is 0 Å². The smallest absolute Gasteiger partial charge is 0.124 e. The fraction of sp³-hybridized carbons (Fsp3) is 0.500. The van der Waals surface area contributed by atoms with E-state index in [1.165, 1.54) is 22.0 Å². The van der Waals surface area contributed by atoms with Gasteiger partial charge in [-0.25, -0.2) is 0 Å². The predicted octanol–water partition coefficient (Wildman–Crippen LogP) is 3.51. The minimum atomic E-state index is 0.0924. The van der Waals surface area contributed by atoms with Gasteiger partial charge in [-0.1, -0.05) is 36.0 Å². The molecule has 114 valence electrons. The van der Waals surface area contributed by atoms with Gasteiger partial charge in [0.2, 0.25) is 0 Å². The number of hydrogen-bond donors (Lipinski definition) is 1. The maximum Gasteiger partial charge on any atom is 0.124 e. The lowest BCUT2D eigenvalue weighted by Gasteiger charge is -2.21. The maximum absolute atomic E-state index is 5.56. The van der Waals surface area contributed by atoms with Crippen LogP contribution in [0.25, 0.3) is 0 Å². The van der Waals surface area contributed by atoms with Crippen molar-refractivity contribution in [2.75, 3.05) is 13.7 Å². The molecule has 21 heavy (non-hydrogen) atoms. The quantitative estimate of drug-likeness (QED) is 0.850. The van der Waals surface area contributed by atoms with Gasteiger partial charge in [0.25, 0.3) is 0 Å². The van der Waals surface area contributed by atoms with Crippen LogP contribution in [0.3, 0.4) is 0 Å². The molecular weight excluding hydrogens is 282 g/mol. The third-order valence-electron chi connectivity index (χ3n) is 3.48. The SMILES string of the molecule is CCCNC(c1cc(C)ccc1OC)c1snnc1CC. The summed E-state index contributed by atoms with van der Waals surface area (Å²) in [6.07, 6.45) is 1.97. The number of ether oxygens (including phenoxy) is 1. The average molecular weight is 305 g/mol. The molecule has 4 nitrogen and oxygen atoms in total. The molecule has 0 spiro atoms. The van der Waals surface area contributed by atoms with Crippen LogP contribution in [0.15, 0.2) is 18.2 Å². The minimum absolute atomic E-state index is 0.0924. The summed E-state index contributed by atoms with van der Waals surface area (Å²) in [5, 5.41) is 7.87. The van der Waals surface area contributed by atoms with Crippen molar-refractivity contribution in [3.63, 3.8) is 0 Å². The Morgan fingerprint density at radius 3 is 2.81 bits per heavy atom. The molecule has 1 N–H and O–H groups in total. The first-order chi connectivity index (χ1) is 10.2. The standard InChI is InChI=1S/C16H23N3OS/c1-5-9-17-15(16-13(6-2)18-19-21-16)12-10-11(3)7-8-14(12)20-4/h7-8,10,15,17H,5-6,9H2,1-4H3. The lowest BCUT2D eigenvalue weighted by molar-refractivity contribution is 0.404. The van der Waals surface area contributed by atoms with Crippen molar-refractivity contribution in [2.45, 2.75) is 39.7 Å². The van der Waals surface area contributed by atoms with Crippen LogP contribution in [-0.4, -0.2) is 23.2 Å². The van der Waals surface area contributed by atoms with Crippen LogP contribution in [0, 0.1) is 6.92 Å². The summed E-state index contributed by atoms with van der Waals surface area (Å²) in [5.41, 5.74) is 3.45. The monoisotopic (exact) mass is 305 g/mol. The second kappa shape index (κ2) is 7.52.